The third-order valence-electron chi connectivity index (χ3n) is 3.15. The number of nitrogens with zero attached hydrogens (tertiary/aromatic N) is 1. The van der Waals surface area contributed by atoms with Gasteiger partial charge in [0.15, 0.2) is 0 Å². The highest BCUT2D eigenvalue weighted by Crippen LogP contribution is 2.41. The van der Waals surface area contributed by atoms with Crippen LogP contribution < -0.4 is 15.2 Å². The lowest BCUT2D eigenvalue weighted by Crippen LogP contribution is -2.05. The van der Waals surface area contributed by atoms with E-state index in [-0.39, 0.29) is 6.10 Å². The van der Waals surface area contributed by atoms with Gasteiger partial charge in [-0.2, -0.15) is 0 Å². The van der Waals surface area contributed by atoms with Crippen LogP contribution in [0.15, 0.2) is 17.6 Å². The molecule has 1 aliphatic heterocycles. The monoisotopic (exact) mass is 276 g/mol. The zero-order chi connectivity index (χ0) is 13.4. The lowest BCUT2D eigenvalue weighted by molar-refractivity contribution is 0.254. The molecule has 0 saturated carbocycles. The number of hydrogen-bond donors (Lipinski definition) is 1. The van der Waals surface area contributed by atoms with Gasteiger partial charge in [-0.1, -0.05) is 0 Å². The summed E-state index contributed by atoms with van der Waals surface area (Å²) in [5.41, 5.74) is 10.6. The maximum Gasteiger partial charge on any atom is 0.129 e. The molecule has 19 heavy (non-hydrogen) atoms. The van der Waals surface area contributed by atoms with E-state index in [1.165, 1.54) is 16.9 Å². The van der Waals surface area contributed by atoms with Crippen LogP contribution in [0.4, 0.5) is 5.00 Å². The Labute approximate surface area is 116 Å². The first-order valence-electron chi connectivity index (χ1n) is 6.34. The van der Waals surface area contributed by atoms with E-state index in [1.54, 1.807) is 5.51 Å². The molecule has 1 aliphatic rings. The Kier molecular flexibility index (Phi) is 3.06. The van der Waals surface area contributed by atoms with Crippen molar-refractivity contribution in [2.24, 2.45) is 0 Å². The number of anilines is 1. The summed E-state index contributed by atoms with van der Waals surface area (Å²) in [4.78, 5) is 4.33. The zero-order valence-electron chi connectivity index (χ0n) is 11.0. The van der Waals surface area contributed by atoms with Crippen molar-refractivity contribution >= 4 is 16.3 Å². The predicted octanol–water partition coefficient (Wildman–Crippen LogP) is 3.11. The van der Waals surface area contributed by atoms with Gasteiger partial charge in [0.2, 0.25) is 0 Å². The van der Waals surface area contributed by atoms with Crippen LogP contribution in [0, 0.1) is 0 Å². The van der Waals surface area contributed by atoms with Crippen molar-refractivity contribution in [1.29, 1.82) is 0 Å². The summed E-state index contributed by atoms with van der Waals surface area (Å²) in [6, 6.07) is 4.05. The SMILES string of the molecule is CCOc1cc2c(cc1-c1ncsc1N)OC(C)C2. The Bertz CT molecular complexity index is 609. The Morgan fingerprint density at radius 3 is 3.05 bits per heavy atom. The average Bonchev–Trinajstić information content (AvgIpc) is 2.93. The van der Waals surface area contributed by atoms with E-state index in [1.807, 2.05) is 13.0 Å². The molecule has 100 valence electrons. The number of rotatable bonds is 3. The normalized spacial score (nSPS) is 17.1. The van der Waals surface area contributed by atoms with Crippen LogP contribution >= 0.6 is 11.3 Å². The second-order valence-corrected chi connectivity index (χ2v) is 5.47. The Hall–Kier alpha value is -1.75. The van der Waals surface area contributed by atoms with Crippen molar-refractivity contribution in [3.8, 4) is 22.8 Å². The molecule has 0 aliphatic carbocycles. The van der Waals surface area contributed by atoms with Gasteiger partial charge in [0.25, 0.3) is 0 Å². The van der Waals surface area contributed by atoms with Crippen LogP contribution in [0.1, 0.15) is 19.4 Å². The van der Waals surface area contributed by atoms with Crippen molar-refractivity contribution in [3.63, 3.8) is 0 Å². The minimum atomic E-state index is 0.215. The second kappa shape index (κ2) is 4.74. The molecule has 3 rings (SSSR count). The van der Waals surface area contributed by atoms with Gasteiger partial charge < -0.3 is 15.2 Å². The first kappa shape index (κ1) is 12.3. The molecule has 1 atom stereocenters. The minimum absolute atomic E-state index is 0.215. The standard InChI is InChI=1S/C14H16N2O2S/c1-3-17-12-5-9-4-8(2)18-11(9)6-10(12)13-14(15)19-7-16-13/h5-8H,3-4,15H2,1-2H3. The smallest absolute Gasteiger partial charge is 0.129 e. The molecule has 1 unspecified atom stereocenters. The summed E-state index contributed by atoms with van der Waals surface area (Å²) in [6.07, 6.45) is 1.13. The number of hydrogen-bond acceptors (Lipinski definition) is 5. The first-order valence-corrected chi connectivity index (χ1v) is 7.22. The van der Waals surface area contributed by atoms with Crippen molar-refractivity contribution in [3.05, 3.63) is 23.2 Å². The topological polar surface area (TPSA) is 57.4 Å². The quantitative estimate of drug-likeness (QED) is 0.935. The van der Waals surface area contributed by atoms with Crippen LogP contribution in [0.2, 0.25) is 0 Å². The molecule has 2 N–H and O–H groups in total. The fourth-order valence-electron chi connectivity index (χ4n) is 2.36. The van der Waals surface area contributed by atoms with Crippen LogP contribution in [0.5, 0.6) is 11.5 Å². The zero-order valence-corrected chi connectivity index (χ0v) is 11.8. The van der Waals surface area contributed by atoms with Gasteiger partial charge in [0.1, 0.15) is 28.3 Å². The summed E-state index contributed by atoms with van der Waals surface area (Å²) < 4.78 is 11.5. The summed E-state index contributed by atoms with van der Waals surface area (Å²) in [7, 11) is 0. The van der Waals surface area contributed by atoms with Gasteiger partial charge in [-0.25, -0.2) is 4.98 Å². The maximum absolute atomic E-state index is 5.97. The first-order chi connectivity index (χ1) is 9.19. The number of aromatic nitrogens is 1. The molecule has 0 saturated heterocycles. The third-order valence-corrected chi connectivity index (χ3v) is 3.81. The highest BCUT2D eigenvalue weighted by Gasteiger charge is 2.23. The van der Waals surface area contributed by atoms with Crippen LogP contribution in [0.25, 0.3) is 11.3 Å². The summed E-state index contributed by atoms with van der Waals surface area (Å²) in [6.45, 7) is 4.66. The van der Waals surface area contributed by atoms with E-state index in [0.717, 1.165) is 29.2 Å². The lowest BCUT2D eigenvalue weighted by atomic mass is 10.0. The average molecular weight is 276 g/mol. The molecular formula is C14H16N2O2S. The predicted molar refractivity (Wildman–Crippen MR) is 76.9 cm³/mol. The van der Waals surface area contributed by atoms with Gasteiger partial charge in [-0.3, -0.25) is 0 Å². The lowest BCUT2D eigenvalue weighted by Gasteiger charge is -2.11. The highest BCUT2D eigenvalue weighted by atomic mass is 32.1. The molecule has 0 radical (unpaired) electrons. The van der Waals surface area contributed by atoms with Crippen LogP contribution in [-0.4, -0.2) is 17.7 Å². The minimum Gasteiger partial charge on any atom is -0.493 e. The van der Waals surface area contributed by atoms with Crippen molar-refractivity contribution in [1.82, 2.24) is 4.98 Å². The molecule has 5 heteroatoms. The Morgan fingerprint density at radius 2 is 2.37 bits per heavy atom. The number of nitrogens with two attached hydrogens (primary N) is 1. The molecule has 0 amide bonds. The molecule has 0 spiro atoms. The second-order valence-electron chi connectivity index (χ2n) is 4.59. The van der Waals surface area contributed by atoms with Gasteiger partial charge in [-0.05, 0) is 26.0 Å². The molecule has 0 fully saturated rings. The number of nitrogen functional groups attached to an aromatic ring is 1. The summed E-state index contributed by atoms with van der Waals surface area (Å²) >= 11 is 1.43. The fourth-order valence-corrected chi connectivity index (χ4v) is 2.90. The number of fused-ring (bicyclic) bond motifs is 1. The third kappa shape index (κ3) is 2.14. The molecular weight excluding hydrogens is 260 g/mol. The molecule has 0 bridgehead atoms. The number of ether oxygens (including phenoxy) is 2. The molecule has 4 nitrogen and oxygen atoms in total. The molecule has 1 aromatic carbocycles. The van der Waals surface area contributed by atoms with Crippen LogP contribution in [-0.2, 0) is 6.42 Å². The number of benzene rings is 1. The van der Waals surface area contributed by atoms with E-state index in [9.17, 15) is 0 Å². The van der Waals surface area contributed by atoms with Gasteiger partial charge in [0, 0.05) is 17.5 Å². The fraction of sp³-hybridized carbons (Fsp3) is 0.357. The van der Waals surface area contributed by atoms with E-state index in [2.05, 4.69) is 18.0 Å². The highest BCUT2D eigenvalue weighted by molar-refractivity contribution is 7.14. The van der Waals surface area contributed by atoms with E-state index < -0.39 is 0 Å². The van der Waals surface area contributed by atoms with Gasteiger partial charge in [0.05, 0.1) is 12.1 Å². The summed E-state index contributed by atoms with van der Waals surface area (Å²) in [5, 5.41) is 0.701. The van der Waals surface area contributed by atoms with Crippen molar-refractivity contribution in [2.45, 2.75) is 26.4 Å². The number of thiazole rings is 1. The van der Waals surface area contributed by atoms with Crippen LogP contribution in [0.3, 0.4) is 0 Å². The van der Waals surface area contributed by atoms with E-state index in [0.29, 0.717) is 11.6 Å². The van der Waals surface area contributed by atoms with Crippen molar-refractivity contribution in [2.75, 3.05) is 12.3 Å². The largest absolute Gasteiger partial charge is 0.493 e. The summed E-state index contributed by atoms with van der Waals surface area (Å²) in [5.74, 6) is 1.75. The van der Waals surface area contributed by atoms with Gasteiger partial charge >= 0.3 is 0 Å². The maximum atomic E-state index is 5.97. The van der Waals surface area contributed by atoms with Gasteiger partial charge in [-0.15, -0.1) is 11.3 Å². The van der Waals surface area contributed by atoms with E-state index >= 15 is 0 Å². The van der Waals surface area contributed by atoms with Crippen molar-refractivity contribution < 1.29 is 9.47 Å². The molecule has 2 heterocycles. The Morgan fingerprint density at radius 1 is 1.53 bits per heavy atom. The van der Waals surface area contributed by atoms with E-state index in [4.69, 9.17) is 15.2 Å². The molecule has 1 aromatic heterocycles. The molecule has 2 aromatic rings. The Balaban J connectivity index is 2.13.